The van der Waals surface area contributed by atoms with Gasteiger partial charge in [-0.2, -0.15) is 0 Å². The van der Waals surface area contributed by atoms with E-state index in [-0.39, 0.29) is 5.41 Å². The molecule has 1 heterocycles. The molecule has 4 heteroatoms. The van der Waals surface area contributed by atoms with Crippen molar-refractivity contribution in [3.05, 3.63) is 0 Å². The van der Waals surface area contributed by atoms with E-state index in [0.29, 0.717) is 24.9 Å². The first-order chi connectivity index (χ1) is 9.39. The first-order valence-corrected chi connectivity index (χ1v) is 8.11. The van der Waals surface area contributed by atoms with E-state index in [1.54, 1.807) is 0 Å². The van der Waals surface area contributed by atoms with Gasteiger partial charge in [0.1, 0.15) is 0 Å². The van der Waals surface area contributed by atoms with Crippen LogP contribution in [0.15, 0.2) is 0 Å². The van der Waals surface area contributed by atoms with Gasteiger partial charge >= 0.3 is 0 Å². The van der Waals surface area contributed by atoms with Crippen molar-refractivity contribution in [3.63, 3.8) is 0 Å². The highest BCUT2D eigenvalue weighted by atomic mass is 16.2. The molecule has 1 unspecified atom stereocenters. The summed E-state index contributed by atoms with van der Waals surface area (Å²) in [5.74, 6) is 0.318. The molecule has 0 saturated carbocycles. The Morgan fingerprint density at radius 1 is 1.20 bits per heavy atom. The minimum absolute atomic E-state index is 0.183. The van der Waals surface area contributed by atoms with Crippen molar-refractivity contribution < 1.29 is 4.79 Å². The first-order valence-electron chi connectivity index (χ1n) is 8.11. The van der Waals surface area contributed by atoms with Gasteiger partial charge in [-0.25, -0.2) is 0 Å². The number of hydrogen-bond acceptors (Lipinski definition) is 3. The quantitative estimate of drug-likeness (QED) is 0.778. The molecule has 1 rings (SSSR count). The van der Waals surface area contributed by atoms with Crippen molar-refractivity contribution in [3.8, 4) is 0 Å². The van der Waals surface area contributed by atoms with Crippen LogP contribution in [0, 0.1) is 5.41 Å². The first kappa shape index (κ1) is 17.4. The fourth-order valence-electron chi connectivity index (χ4n) is 2.79. The maximum Gasteiger partial charge on any atom is 0.222 e. The fraction of sp³-hybridized carbons (Fsp3) is 0.938. The maximum atomic E-state index is 12.3. The van der Waals surface area contributed by atoms with Crippen LogP contribution in [0.2, 0.25) is 0 Å². The van der Waals surface area contributed by atoms with Gasteiger partial charge in [0.25, 0.3) is 0 Å². The van der Waals surface area contributed by atoms with Crippen LogP contribution in [-0.4, -0.2) is 54.5 Å². The molecule has 1 fully saturated rings. The second kappa shape index (κ2) is 7.99. The number of nitrogens with two attached hydrogens (primary N) is 1. The third-order valence-corrected chi connectivity index (χ3v) is 4.72. The molecule has 0 radical (unpaired) electrons. The molecule has 1 amide bonds. The van der Waals surface area contributed by atoms with Gasteiger partial charge in [-0.05, 0) is 38.1 Å². The Kier molecular flexibility index (Phi) is 6.96. The monoisotopic (exact) mass is 283 g/mol. The molecule has 0 spiro atoms. The zero-order chi connectivity index (χ0) is 15.2. The highest BCUT2D eigenvalue weighted by molar-refractivity contribution is 5.76. The second-order valence-corrected chi connectivity index (χ2v) is 6.88. The third-order valence-electron chi connectivity index (χ3n) is 4.72. The second-order valence-electron chi connectivity index (χ2n) is 6.88. The fourth-order valence-corrected chi connectivity index (χ4v) is 2.79. The predicted octanol–water partition coefficient (Wildman–Crippen LogP) is 2.08. The van der Waals surface area contributed by atoms with Crippen LogP contribution in [-0.2, 0) is 4.79 Å². The van der Waals surface area contributed by atoms with Crippen molar-refractivity contribution in [2.75, 3.05) is 32.7 Å². The van der Waals surface area contributed by atoms with Gasteiger partial charge in [0.15, 0.2) is 0 Å². The molecule has 1 aliphatic rings. The number of rotatable bonds is 7. The molecule has 2 N–H and O–H groups in total. The van der Waals surface area contributed by atoms with Crippen molar-refractivity contribution >= 4 is 5.91 Å². The standard InChI is InChI=1S/C16H33N3O/c1-5-14(2)18-10-12-19(13-11-18)15(20)6-7-16(3,4)8-9-17/h14H,5-13,17H2,1-4H3. The molecule has 0 aromatic carbocycles. The van der Waals surface area contributed by atoms with E-state index < -0.39 is 0 Å². The number of carbonyl (C=O) groups excluding carboxylic acids is 1. The molecule has 4 nitrogen and oxygen atoms in total. The van der Waals surface area contributed by atoms with E-state index in [0.717, 1.165) is 39.0 Å². The Balaban J connectivity index is 2.32. The van der Waals surface area contributed by atoms with E-state index in [1.807, 2.05) is 4.90 Å². The van der Waals surface area contributed by atoms with Gasteiger partial charge in [0.05, 0.1) is 0 Å². The lowest BCUT2D eigenvalue weighted by Crippen LogP contribution is -2.51. The molecule has 1 aliphatic heterocycles. The zero-order valence-electron chi connectivity index (χ0n) is 13.8. The molecule has 0 aromatic rings. The van der Waals surface area contributed by atoms with Crippen molar-refractivity contribution in [2.24, 2.45) is 11.1 Å². The average molecular weight is 283 g/mol. The van der Waals surface area contributed by atoms with E-state index >= 15 is 0 Å². The van der Waals surface area contributed by atoms with Gasteiger partial charge in [-0.3, -0.25) is 9.69 Å². The highest BCUT2D eigenvalue weighted by Crippen LogP contribution is 2.26. The summed E-state index contributed by atoms with van der Waals surface area (Å²) in [6.45, 7) is 13.4. The van der Waals surface area contributed by atoms with E-state index in [4.69, 9.17) is 5.73 Å². The maximum absolute atomic E-state index is 12.3. The Labute approximate surface area is 124 Å². The van der Waals surface area contributed by atoms with Gasteiger partial charge in [-0.15, -0.1) is 0 Å². The topological polar surface area (TPSA) is 49.6 Å². The minimum Gasteiger partial charge on any atom is -0.340 e. The Morgan fingerprint density at radius 3 is 2.30 bits per heavy atom. The summed E-state index contributed by atoms with van der Waals surface area (Å²) in [5.41, 5.74) is 5.80. The molecule has 0 aromatic heterocycles. The highest BCUT2D eigenvalue weighted by Gasteiger charge is 2.25. The number of amides is 1. The summed E-state index contributed by atoms with van der Waals surface area (Å²) in [7, 11) is 0. The van der Waals surface area contributed by atoms with Crippen LogP contribution < -0.4 is 5.73 Å². The van der Waals surface area contributed by atoms with Crippen molar-refractivity contribution in [1.82, 2.24) is 9.80 Å². The summed E-state index contributed by atoms with van der Waals surface area (Å²) < 4.78 is 0. The number of hydrogen-bond donors (Lipinski definition) is 1. The summed E-state index contributed by atoms with van der Waals surface area (Å²) in [5, 5.41) is 0. The number of nitrogens with zero attached hydrogens (tertiary/aromatic N) is 2. The van der Waals surface area contributed by atoms with Crippen LogP contribution in [0.25, 0.3) is 0 Å². The molecule has 1 saturated heterocycles. The van der Waals surface area contributed by atoms with Gasteiger partial charge in [0, 0.05) is 38.6 Å². The largest absolute Gasteiger partial charge is 0.340 e. The molecule has 20 heavy (non-hydrogen) atoms. The number of carbonyl (C=O) groups is 1. The normalized spacial score (nSPS) is 19.1. The van der Waals surface area contributed by atoms with Gasteiger partial charge in [0.2, 0.25) is 5.91 Å². The van der Waals surface area contributed by atoms with E-state index in [2.05, 4.69) is 32.6 Å². The molecular weight excluding hydrogens is 250 g/mol. The average Bonchev–Trinajstić information content (AvgIpc) is 2.44. The summed E-state index contributed by atoms with van der Waals surface area (Å²) >= 11 is 0. The molecule has 118 valence electrons. The molecular formula is C16H33N3O. The summed E-state index contributed by atoms with van der Waals surface area (Å²) in [6.07, 6.45) is 3.77. The van der Waals surface area contributed by atoms with E-state index in [9.17, 15) is 4.79 Å². The van der Waals surface area contributed by atoms with Gasteiger partial charge in [-0.1, -0.05) is 20.8 Å². The summed E-state index contributed by atoms with van der Waals surface area (Å²) in [4.78, 5) is 16.8. The van der Waals surface area contributed by atoms with Crippen LogP contribution in [0.5, 0.6) is 0 Å². The van der Waals surface area contributed by atoms with Gasteiger partial charge < -0.3 is 10.6 Å². The minimum atomic E-state index is 0.183. The van der Waals surface area contributed by atoms with E-state index in [1.165, 1.54) is 6.42 Å². The van der Waals surface area contributed by atoms with Crippen molar-refractivity contribution in [2.45, 2.75) is 59.4 Å². The Bertz CT molecular complexity index is 296. The lowest BCUT2D eigenvalue weighted by Gasteiger charge is -2.38. The smallest absolute Gasteiger partial charge is 0.222 e. The predicted molar refractivity (Wildman–Crippen MR) is 84.6 cm³/mol. The van der Waals surface area contributed by atoms with Crippen LogP contribution >= 0.6 is 0 Å². The van der Waals surface area contributed by atoms with Crippen LogP contribution in [0.4, 0.5) is 0 Å². The lowest BCUT2D eigenvalue weighted by molar-refractivity contribution is -0.133. The molecule has 0 bridgehead atoms. The van der Waals surface area contributed by atoms with Crippen LogP contribution in [0.3, 0.4) is 0 Å². The third kappa shape index (κ3) is 5.41. The molecule has 1 atom stereocenters. The van der Waals surface area contributed by atoms with Crippen molar-refractivity contribution in [1.29, 1.82) is 0 Å². The molecule has 0 aliphatic carbocycles. The zero-order valence-corrected chi connectivity index (χ0v) is 13.8. The summed E-state index contributed by atoms with van der Waals surface area (Å²) in [6, 6.07) is 0.635. The Morgan fingerprint density at radius 2 is 1.80 bits per heavy atom. The Hall–Kier alpha value is -0.610. The SMILES string of the molecule is CCC(C)N1CCN(C(=O)CCC(C)(C)CCN)CC1. The lowest BCUT2D eigenvalue weighted by atomic mass is 9.84. The number of piperazine rings is 1. The van der Waals surface area contributed by atoms with Crippen LogP contribution in [0.1, 0.15) is 53.4 Å².